The predicted molar refractivity (Wildman–Crippen MR) is 58.5 cm³/mol. The van der Waals surface area contributed by atoms with Crippen molar-refractivity contribution in [3.05, 3.63) is 12.2 Å². The van der Waals surface area contributed by atoms with Gasteiger partial charge in [0.05, 0.1) is 0 Å². The molecule has 0 bridgehead atoms. The highest BCUT2D eigenvalue weighted by atomic mass is 16.5. The van der Waals surface area contributed by atoms with Crippen molar-refractivity contribution in [3.63, 3.8) is 0 Å². The number of ether oxygens (including phenoxy) is 1. The lowest BCUT2D eigenvalue weighted by Crippen LogP contribution is -2.41. The molecule has 0 unspecified atom stereocenters. The number of amides is 1. The lowest BCUT2D eigenvalue weighted by Gasteiger charge is -2.32. The zero-order valence-electron chi connectivity index (χ0n) is 9.21. The third kappa shape index (κ3) is 2.59. The number of carbonyl (C=O) groups excluding carboxylic acids is 1. The third-order valence-electron chi connectivity index (χ3n) is 3.35. The van der Waals surface area contributed by atoms with Crippen LogP contribution in [0.2, 0.25) is 0 Å². The predicted octanol–water partition coefficient (Wildman–Crippen LogP) is 1.59. The van der Waals surface area contributed by atoms with E-state index in [2.05, 4.69) is 6.58 Å². The van der Waals surface area contributed by atoms with Crippen LogP contribution >= 0.6 is 0 Å². The number of carbonyl (C=O) groups is 1. The molecular formula is C12H19NO2. The van der Waals surface area contributed by atoms with E-state index in [0.717, 1.165) is 52.0 Å². The highest BCUT2D eigenvalue weighted by molar-refractivity contribution is 5.79. The summed E-state index contributed by atoms with van der Waals surface area (Å²) in [5.74, 6) is 0.552. The molecule has 2 fully saturated rings. The maximum Gasteiger partial charge on any atom is 0.225 e. The van der Waals surface area contributed by atoms with Gasteiger partial charge in [-0.1, -0.05) is 12.2 Å². The van der Waals surface area contributed by atoms with Crippen LogP contribution in [-0.2, 0) is 9.53 Å². The SMILES string of the molecule is C=C1CCN(C(=O)C2CCOCC2)CC1. The largest absolute Gasteiger partial charge is 0.381 e. The van der Waals surface area contributed by atoms with Gasteiger partial charge in [0.25, 0.3) is 0 Å². The van der Waals surface area contributed by atoms with Crippen molar-refractivity contribution in [3.8, 4) is 0 Å². The van der Waals surface area contributed by atoms with E-state index in [1.807, 2.05) is 4.90 Å². The van der Waals surface area contributed by atoms with Crippen LogP contribution in [0.25, 0.3) is 0 Å². The normalized spacial score (nSPS) is 24.3. The molecule has 2 aliphatic rings. The zero-order chi connectivity index (χ0) is 10.7. The van der Waals surface area contributed by atoms with Gasteiger partial charge in [-0.25, -0.2) is 0 Å². The summed E-state index contributed by atoms with van der Waals surface area (Å²) >= 11 is 0. The van der Waals surface area contributed by atoms with Gasteiger partial charge < -0.3 is 9.64 Å². The molecule has 2 heterocycles. The maximum atomic E-state index is 12.1. The topological polar surface area (TPSA) is 29.5 Å². The van der Waals surface area contributed by atoms with Crippen LogP contribution in [0.15, 0.2) is 12.2 Å². The number of rotatable bonds is 1. The van der Waals surface area contributed by atoms with E-state index in [1.165, 1.54) is 5.57 Å². The Kier molecular flexibility index (Phi) is 3.41. The number of nitrogens with zero attached hydrogens (tertiary/aromatic N) is 1. The maximum absolute atomic E-state index is 12.1. The number of piperidine rings is 1. The average molecular weight is 209 g/mol. The summed E-state index contributed by atoms with van der Waals surface area (Å²) in [4.78, 5) is 14.1. The van der Waals surface area contributed by atoms with Crippen LogP contribution in [0.4, 0.5) is 0 Å². The highest BCUT2D eigenvalue weighted by Crippen LogP contribution is 2.21. The van der Waals surface area contributed by atoms with E-state index >= 15 is 0 Å². The molecule has 0 aliphatic carbocycles. The molecular weight excluding hydrogens is 190 g/mol. The summed E-state index contributed by atoms with van der Waals surface area (Å²) < 4.78 is 5.27. The highest BCUT2D eigenvalue weighted by Gasteiger charge is 2.27. The Morgan fingerprint density at radius 1 is 1.27 bits per heavy atom. The Labute approximate surface area is 91.1 Å². The van der Waals surface area contributed by atoms with Crippen LogP contribution in [0, 0.1) is 5.92 Å². The quantitative estimate of drug-likeness (QED) is 0.614. The molecule has 0 atom stereocenters. The fourth-order valence-electron chi connectivity index (χ4n) is 2.25. The molecule has 0 aromatic carbocycles. The minimum atomic E-state index is 0.213. The van der Waals surface area contributed by atoms with E-state index in [-0.39, 0.29) is 5.92 Å². The first kappa shape index (κ1) is 10.7. The summed E-state index contributed by atoms with van der Waals surface area (Å²) in [5.41, 5.74) is 1.28. The Hall–Kier alpha value is -0.830. The van der Waals surface area contributed by atoms with E-state index in [4.69, 9.17) is 4.74 Å². The van der Waals surface area contributed by atoms with Gasteiger partial charge in [0, 0.05) is 32.2 Å². The van der Waals surface area contributed by atoms with Crippen LogP contribution in [0.5, 0.6) is 0 Å². The van der Waals surface area contributed by atoms with Gasteiger partial charge in [0.15, 0.2) is 0 Å². The van der Waals surface area contributed by atoms with Crippen LogP contribution in [0.3, 0.4) is 0 Å². The summed E-state index contributed by atoms with van der Waals surface area (Å²) in [6.07, 6.45) is 3.76. The van der Waals surface area contributed by atoms with E-state index in [1.54, 1.807) is 0 Å². The monoisotopic (exact) mass is 209 g/mol. The average Bonchev–Trinajstić information content (AvgIpc) is 2.30. The van der Waals surface area contributed by atoms with Crippen LogP contribution in [0.1, 0.15) is 25.7 Å². The molecule has 0 aromatic rings. The first-order valence-corrected chi connectivity index (χ1v) is 5.80. The minimum absolute atomic E-state index is 0.213. The minimum Gasteiger partial charge on any atom is -0.381 e. The van der Waals surface area contributed by atoms with E-state index in [0.29, 0.717) is 5.91 Å². The van der Waals surface area contributed by atoms with Gasteiger partial charge in [-0.3, -0.25) is 4.79 Å². The molecule has 3 nitrogen and oxygen atoms in total. The Bertz CT molecular complexity index is 246. The fourth-order valence-corrected chi connectivity index (χ4v) is 2.25. The smallest absolute Gasteiger partial charge is 0.225 e. The third-order valence-corrected chi connectivity index (χ3v) is 3.35. The summed E-state index contributed by atoms with van der Waals surface area (Å²) in [7, 11) is 0. The lowest BCUT2D eigenvalue weighted by molar-refractivity contribution is -0.138. The molecule has 84 valence electrons. The van der Waals surface area contributed by atoms with Crippen molar-refractivity contribution >= 4 is 5.91 Å². The van der Waals surface area contributed by atoms with Crippen LogP contribution in [-0.4, -0.2) is 37.1 Å². The van der Waals surface area contributed by atoms with Gasteiger partial charge >= 0.3 is 0 Å². The summed E-state index contributed by atoms with van der Waals surface area (Å²) in [5, 5.41) is 0. The van der Waals surface area contributed by atoms with Gasteiger partial charge in [-0.05, 0) is 25.7 Å². The molecule has 2 rings (SSSR count). The molecule has 3 heteroatoms. The van der Waals surface area contributed by atoms with Gasteiger partial charge in [-0.2, -0.15) is 0 Å². The van der Waals surface area contributed by atoms with E-state index < -0.39 is 0 Å². The molecule has 0 saturated carbocycles. The number of hydrogen-bond donors (Lipinski definition) is 0. The van der Waals surface area contributed by atoms with Gasteiger partial charge in [0.2, 0.25) is 5.91 Å². The Morgan fingerprint density at radius 2 is 1.87 bits per heavy atom. The molecule has 0 spiro atoms. The molecule has 0 radical (unpaired) electrons. The second-order valence-electron chi connectivity index (χ2n) is 4.46. The second kappa shape index (κ2) is 4.79. The van der Waals surface area contributed by atoms with Crippen molar-refractivity contribution in [2.45, 2.75) is 25.7 Å². The molecule has 2 saturated heterocycles. The molecule has 2 aliphatic heterocycles. The fraction of sp³-hybridized carbons (Fsp3) is 0.750. The van der Waals surface area contributed by atoms with Crippen molar-refractivity contribution in [1.82, 2.24) is 4.90 Å². The van der Waals surface area contributed by atoms with Crippen molar-refractivity contribution in [2.24, 2.45) is 5.92 Å². The Balaban J connectivity index is 1.86. The Morgan fingerprint density at radius 3 is 2.47 bits per heavy atom. The molecule has 0 aromatic heterocycles. The second-order valence-corrected chi connectivity index (χ2v) is 4.46. The van der Waals surface area contributed by atoms with Crippen molar-refractivity contribution in [1.29, 1.82) is 0 Å². The van der Waals surface area contributed by atoms with Crippen molar-refractivity contribution in [2.75, 3.05) is 26.3 Å². The molecule has 15 heavy (non-hydrogen) atoms. The van der Waals surface area contributed by atoms with Gasteiger partial charge in [-0.15, -0.1) is 0 Å². The zero-order valence-corrected chi connectivity index (χ0v) is 9.21. The first-order valence-electron chi connectivity index (χ1n) is 5.80. The number of likely N-dealkylation sites (tertiary alicyclic amines) is 1. The van der Waals surface area contributed by atoms with Crippen LogP contribution < -0.4 is 0 Å². The molecule has 1 amide bonds. The van der Waals surface area contributed by atoms with Gasteiger partial charge in [0.1, 0.15) is 0 Å². The summed E-state index contributed by atoms with van der Waals surface area (Å²) in [6, 6.07) is 0. The summed E-state index contributed by atoms with van der Waals surface area (Å²) in [6.45, 7) is 7.20. The lowest BCUT2D eigenvalue weighted by atomic mass is 9.96. The first-order chi connectivity index (χ1) is 7.27. The standard InChI is InChI=1S/C12H19NO2/c1-10-2-6-13(7-3-10)12(14)11-4-8-15-9-5-11/h11H,1-9H2. The molecule has 0 N–H and O–H groups in total. The number of hydrogen-bond acceptors (Lipinski definition) is 2. The van der Waals surface area contributed by atoms with Crippen molar-refractivity contribution < 1.29 is 9.53 Å². The van der Waals surface area contributed by atoms with E-state index in [9.17, 15) is 4.79 Å².